The lowest BCUT2D eigenvalue weighted by atomic mass is 9.84. The summed E-state index contributed by atoms with van der Waals surface area (Å²) in [5.74, 6) is 0.926. The third kappa shape index (κ3) is 4.96. The van der Waals surface area contributed by atoms with E-state index in [2.05, 4.69) is 11.8 Å². The van der Waals surface area contributed by atoms with Crippen LogP contribution in [-0.4, -0.2) is 30.1 Å². The summed E-state index contributed by atoms with van der Waals surface area (Å²) < 4.78 is 0. The van der Waals surface area contributed by atoms with E-state index in [-0.39, 0.29) is 0 Å². The molecule has 0 spiro atoms. The lowest BCUT2D eigenvalue weighted by Gasteiger charge is -2.42. The fraction of sp³-hybridized carbons (Fsp3) is 1.00. The molecule has 0 aromatic heterocycles. The van der Waals surface area contributed by atoms with Crippen molar-refractivity contribution in [3.8, 4) is 0 Å². The van der Waals surface area contributed by atoms with Gasteiger partial charge in [0.2, 0.25) is 0 Å². The second-order valence-electron chi connectivity index (χ2n) is 7.62. The normalized spacial score (nSPS) is 29.7. The van der Waals surface area contributed by atoms with Gasteiger partial charge in [0, 0.05) is 18.6 Å². The largest absolute Gasteiger partial charge is 0.329 e. The van der Waals surface area contributed by atoms with Crippen molar-refractivity contribution in [2.24, 2.45) is 11.7 Å². The maximum absolute atomic E-state index is 6.34. The van der Waals surface area contributed by atoms with Gasteiger partial charge in [0.05, 0.1) is 0 Å². The molecule has 1 heterocycles. The van der Waals surface area contributed by atoms with Crippen LogP contribution in [0.15, 0.2) is 0 Å². The molecule has 1 atom stereocenters. The molecule has 2 nitrogen and oxygen atoms in total. The minimum absolute atomic E-state index is 0.336. The maximum Gasteiger partial charge on any atom is 0.0331 e. The van der Waals surface area contributed by atoms with Crippen LogP contribution in [0.3, 0.4) is 0 Å². The average molecular weight is 295 g/mol. The molecule has 0 aromatic carbocycles. The van der Waals surface area contributed by atoms with Crippen LogP contribution in [0.4, 0.5) is 0 Å². The number of rotatable bonds is 3. The van der Waals surface area contributed by atoms with Gasteiger partial charge in [-0.25, -0.2) is 0 Å². The SMILES string of the molecule is CCC1CCN(C2(CN)CCCCCCCCCCC2)C1. The highest BCUT2D eigenvalue weighted by molar-refractivity contribution is 4.95. The molecule has 0 bridgehead atoms. The predicted molar refractivity (Wildman–Crippen MR) is 92.5 cm³/mol. The monoisotopic (exact) mass is 294 g/mol. The molecule has 1 unspecified atom stereocenters. The third-order valence-electron chi connectivity index (χ3n) is 6.20. The topological polar surface area (TPSA) is 29.3 Å². The zero-order chi connectivity index (χ0) is 15.0. The molecular weight excluding hydrogens is 256 g/mol. The lowest BCUT2D eigenvalue weighted by Crippen LogP contribution is -2.53. The van der Waals surface area contributed by atoms with Crippen LogP contribution in [0.1, 0.15) is 90.4 Å². The molecule has 1 aliphatic carbocycles. The highest BCUT2D eigenvalue weighted by Gasteiger charge is 2.38. The molecule has 1 saturated carbocycles. The minimum Gasteiger partial charge on any atom is -0.329 e. The van der Waals surface area contributed by atoms with E-state index in [0.717, 1.165) is 12.5 Å². The fourth-order valence-corrected chi connectivity index (χ4v) is 4.52. The Morgan fingerprint density at radius 2 is 1.43 bits per heavy atom. The van der Waals surface area contributed by atoms with Crippen LogP contribution in [-0.2, 0) is 0 Å². The van der Waals surface area contributed by atoms with Gasteiger partial charge in [-0.1, -0.05) is 71.1 Å². The van der Waals surface area contributed by atoms with E-state index in [1.165, 1.54) is 96.6 Å². The quantitative estimate of drug-likeness (QED) is 0.816. The third-order valence-corrected chi connectivity index (χ3v) is 6.20. The standard InChI is InChI=1S/C19H38N2/c1-2-18-12-15-21(16-18)19(17-20)13-10-8-6-4-3-5-7-9-11-14-19/h18H,2-17,20H2,1H3. The average Bonchev–Trinajstić information content (AvgIpc) is 2.98. The summed E-state index contributed by atoms with van der Waals surface area (Å²) in [6.07, 6.45) is 18.3. The summed E-state index contributed by atoms with van der Waals surface area (Å²) in [7, 11) is 0. The number of hydrogen-bond donors (Lipinski definition) is 1. The number of nitrogens with zero attached hydrogens (tertiary/aromatic N) is 1. The van der Waals surface area contributed by atoms with Gasteiger partial charge < -0.3 is 5.73 Å². The van der Waals surface area contributed by atoms with Gasteiger partial charge in [0.1, 0.15) is 0 Å². The Morgan fingerprint density at radius 1 is 0.905 bits per heavy atom. The molecule has 124 valence electrons. The first kappa shape index (κ1) is 17.3. The van der Waals surface area contributed by atoms with Crippen molar-refractivity contribution in [3.05, 3.63) is 0 Å². The molecular formula is C19H38N2. The molecule has 2 N–H and O–H groups in total. The summed E-state index contributed by atoms with van der Waals surface area (Å²) in [6, 6.07) is 0. The first-order valence-electron chi connectivity index (χ1n) is 9.76. The van der Waals surface area contributed by atoms with Crippen molar-refractivity contribution in [1.82, 2.24) is 4.90 Å². The van der Waals surface area contributed by atoms with Crippen LogP contribution in [0.2, 0.25) is 0 Å². The molecule has 0 aromatic rings. The van der Waals surface area contributed by atoms with Crippen LogP contribution in [0, 0.1) is 5.92 Å². The molecule has 0 radical (unpaired) electrons. The van der Waals surface area contributed by atoms with Crippen molar-refractivity contribution < 1.29 is 0 Å². The summed E-state index contributed by atoms with van der Waals surface area (Å²) in [5.41, 5.74) is 6.68. The van der Waals surface area contributed by atoms with E-state index < -0.39 is 0 Å². The van der Waals surface area contributed by atoms with Gasteiger partial charge in [0.25, 0.3) is 0 Å². The Bertz CT molecular complexity index is 265. The van der Waals surface area contributed by atoms with Crippen molar-refractivity contribution in [3.63, 3.8) is 0 Å². The van der Waals surface area contributed by atoms with Gasteiger partial charge >= 0.3 is 0 Å². The summed E-state index contributed by atoms with van der Waals surface area (Å²) >= 11 is 0. The second kappa shape index (κ2) is 9.15. The molecule has 2 rings (SSSR count). The lowest BCUT2D eigenvalue weighted by molar-refractivity contribution is 0.0915. The zero-order valence-electron chi connectivity index (χ0n) is 14.4. The van der Waals surface area contributed by atoms with E-state index >= 15 is 0 Å². The van der Waals surface area contributed by atoms with Gasteiger partial charge in [0.15, 0.2) is 0 Å². The number of likely N-dealkylation sites (tertiary alicyclic amines) is 1. The Kier molecular flexibility index (Phi) is 7.53. The van der Waals surface area contributed by atoms with Gasteiger partial charge in [-0.15, -0.1) is 0 Å². The Morgan fingerprint density at radius 3 is 1.86 bits per heavy atom. The Balaban J connectivity index is 1.97. The molecule has 2 heteroatoms. The molecule has 2 aliphatic rings. The smallest absolute Gasteiger partial charge is 0.0331 e. The Labute approximate surface area is 132 Å². The highest BCUT2D eigenvalue weighted by atomic mass is 15.2. The van der Waals surface area contributed by atoms with Crippen LogP contribution in [0.5, 0.6) is 0 Å². The fourth-order valence-electron chi connectivity index (χ4n) is 4.52. The Hall–Kier alpha value is -0.0800. The molecule has 2 fully saturated rings. The highest BCUT2D eigenvalue weighted by Crippen LogP contribution is 2.34. The molecule has 1 saturated heterocycles. The van der Waals surface area contributed by atoms with E-state index in [0.29, 0.717) is 5.54 Å². The number of hydrogen-bond acceptors (Lipinski definition) is 2. The van der Waals surface area contributed by atoms with Crippen LogP contribution in [0.25, 0.3) is 0 Å². The van der Waals surface area contributed by atoms with Crippen LogP contribution >= 0.6 is 0 Å². The van der Waals surface area contributed by atoms with Crippen molar-refractivity contribution >= 4 is 0 Å². The van der Waals surface area contributed by atoms with Gasteiger partial charge in [-0.3, -0.25) is 4.90 Å². The summed E-state index contributed by atoms with van der Waals surface area (Å²) in [5, 5.41) is 0. The van der Waals surface area contributed by atoms with Gasteiger partial charge in [-0.05, 0) is 31.7 Å². The summed E-state index contributed by atoms with van der Waals surface area (Å²) in [6.45, 7) is 5.84. The first-order chi connectivity index (χ1) is 10.3. The minimum atomic E-state index is 0.336. The predicted octanol–water partition coefficient (Wildman–Crippen LogP) is 4.72. The van der Waals surface area contributed by atoms with E-state index in [1.54, 1.807) is 0 Å². The van der Waals surface area contributed by atoms with E-state index in [9.17, 15) is 0 Å². The van der Waals surface area contributed by atoms with Crippen LogP contribution < -0.4 is 5.73 Å². The second-order valence-corrected chi connectivity index (χ2v) is 7.62. The van der Waals surface area contributed by atoms with Crippen molar-refractivity contribution in [1.29, 1.82) is 0 Å². The molecule has 0 amide bonds. The molecule has 1 aliphatic heterocycles. The van der Waals surface area contributed by atoms with Crippen molar-refractivity contribution in [2.75, 3.05) is 19.6 Å². The van der Waals surface area contributed by atoms with E-state index in [4.69, 9.17) is 5.73 Å². The van der Waals surface area contributed by atoms with Crippen molar-refractivity contribution in [2.45, 2.75) is 95.9 Å². The maximum atomic E-state index is 6.34. The first-order valence-corrected chi connectivity index (χ1v) is 9.76. The van der Waals surface area contributed by atoms with Gasteiger partial charge in [-0.2, -0.15) is 0 Å². The zero-order valence-corrected chi connectivity index (χ0v) is 14.4. The number of nitrogens with two attached hydrogens (primary N) is 1. The molecule has 21 heavy (non-hydrogen) atoms. The van der Waals surface area contributed by atoms with E-state index in [1.807, 2.05) is 0 Å². The summed E-state index contributed by atoms with van der Waals surface area (Å²) in [4.78, 5) is 2.80.